The molecule has 2 amide bonds. The van der Waals surface area contributed by atoms with Gasteiger partial charge in [0.2, 0.25) is 11.8 Å². The highest BCUT2D eigenvalue weighted by Gasteiger charge is 2.33. The summed E-state index contributed by atoms with van der Waals surface area (Å²) in [7, 11) is -4.06. The van der Waals surface area contributed by atoms with E-state index < -0.39 is 28.5 Å². The van der Waals surface area contributed by atoms with E-state index in [9.17, 15) is 18.0 Å². The average molecular weight is 648 g/mol. The topological polar surface area (TPSA) is 86.8 Å². The van der Waals surface area contributed by atoms with Crippen molar-refractivity contribution in [3.63, 3.8) is 0 Å². The molecule has 3 aromatic rings. The van der Waals surface area contributed by atoms with E-state index in [1.807, 2.05) is 44.2 Å². The van der Waals surface area contributed by atoms with Gasteiger partial charge in [-0.25, -0.2) is 8.42 Å². The third kappa shape index (κ3) is 7.80. The molecule has 0 spiro atoms. The van der Waals surface area contributed by atoms with E-state index in [1.54, 1.807) is 42.5 Å². The summed E-state index contributed by atoms with van der Waals surface area (Å²) in [5.74, 6) is -0.693. The van der Waals surface area contributed by atoms with Gasteiger partial charge in [0.1, 0.15) is 12.6 Å². The van der Waals surface area contributed by atoms with Crippen molar-refractivity contribution in [2.45, 2.75) is 50.6 Å². The van der Waals surface area contributed by atoms with Gasteiger partial charge in [0.05, 0.1) is 10.6 Å². The van der Waals surface area contributed by atoms with Crippen molar-refractivity contribution < 1.29 is 18.0 Å². The molecule has 9 heteroatoms. The number of anilines is 1. The molecule has 0 aliphatic heterocycles. The van der Waals surface area contributed by atoms with Crippen molar-refractivity contribution in [1.29, 1.82) is 0 Å². The van der Waals surface area contributed by atoms with Crippen molar-refractivity contribution in [1.82, 2.24) is 10.2 Å². The predicted octanol–water partition coefficient (Wildman–Crippen LogP) is 5.21. The lowest BCUT2D eigenvalue weighted by Gasteiger charge is -2.33. The minimum atomic E-state index is -4.06. The van der Waals surface area contributed by atoms with Crippen molar-refractivity contribution in [3.05, 3.63) is 94.1 Å². The van der Waals surface area contributed by atoms with Crippen LogP contribution in [0.2, 0.25) is 0 Å². The number of nitrogens with one attached hydrogen (secondary N) is 1. The summed E-state index contributed by atoms with van der Waals surface area (Å²) in [5, 5.41) is 2.94. The van der Waals surface area contributed by atoms with Crippen LogP contribution >= 0.6 is 22.6 Å². The van der Waals surface area contributed by atoms with Gasteiger partial charge in [-0.3, -0.25) is 13.9 Å². The normalized spacial score (nSPS) is 12.0. The van der Waals surface area contributed by atoms with Crippen molar-refractivity contribution in [2.24, 2.45) is 0 Å². The number of carbonyl (C=O) groups excluding carboxylic acids is 2. The van der Waals surface area contributed by atoms with E-state index >= 15 is 0 Å². The number of carbonyl (C=O) groups is 2. The molecule has 0 heterocycles. The standard InChI is InChI=1S/C29H34IN3O4S/c1-3-5-20-31-29(35)27(4-2)32(21-23-12-8-6-9-13-23)28(34)22-33(25-18-16-24(30)17-19-25)38(36,37)26-14-10-7-11-15-26/h6-19,27H,3-5,20-22H2,1-2H3,(H,31,35). The number of halogens is 1. The van der Waals surface area contributed by atoms with Gasteiger partial charge >= 0.3 is 0 Å². The second-order valence-electron chi connectivity index (χ2n) is 8.88. The molecular formula is C29H34IN3O4S. The second-order valence-corrected chi connectivity index (χ2v) is 12.0. The van der Waals surface area contributed by atoms with E-state index in [-0.39, 0.29) is 17.3 Å². The van der Waals surface area contributed by atoms with Gasteiger partial charge in [-0.2, -0.15) is 0 Å². The fourth-order valence-electron chi connectivity index (χ4n) is 4.06. The quantitative estimate of drug-likeness (QED) is 0.204. The summed E-state index contributed by atoms with van der Waals surface area (Å²) >= 11 is 2.15. The van der Waals surface area contributed by atoms with Crippen LogP contribution in [0.5, 0.6) is 0 Å². The molecule has 7 nitrogen and oxygen atoms in total. The van der Waals surface area contributed by atoms with Gasteiger partial charge in [0.25, 0.3) is 10.0 Å². The van der Waals surface area contributed by atoms with Crippen LogP contribution in [-0.4, -0.2) is 44.3 Å². The maximum atomic E-state index is 13.9. The minimum Gasteiger partial charge on any atom is -0.354 e. The van der Waals surface area contributed by atoms with E-state index in [0.717, 1.165) is 26.3 Å². The van der Waals surface area contributed by atoms with Crippen molar-refractivity contribution in [3.8, 4) is 0 Å². The Labute approximate surface area is 239 Å². The zero-order valence-electron chi connectivity index (χ0n) is 21.7. The molecule has 3 aromatic carbocycles. The number of sulfonamides is 1. The average Bonchev–Trinajstić information content (AvgIpc) is 2.93. The summed E-state index contributed by atoms with van der Waals surface area (Å²) in [4.78, 5) is 28.7. The highest BCUT2D eigenvalue weighted by atomic mass is 127. The Bertz CT molecular complexity index is 1290. The van der Waals surface area contributed by atoms with Crippen LogP contribution in [0.3, 0.4) is 0 Å². The Morgan fingerprint density at radius 2 is 1.50 bits per heavy atom. The number of rotatable bonds is 13. The monoisotopic (exact) mass is 647 g/mol. The van der Waals surface area contributed by atoms with Crippen molar-refractivity contribution in [2.75, 3.05) is 17.4 Å². The molecule has 0 bridgehead atoms. The highest BCUT2D eigenvalue weighted by Crippen LogP contribution is 2.25. The van der Waals surface area contributed by atoms with Gasteiger partial charge in [0.15, 0.2) is 0 Å². The fourth-order valence-corrected chi connectivity index (χ4v) is 5.86. The zero-order valence-corrected chi connectivity index (χ0v) is 24.7. The lowest BCUT2D eigenvalue weighted by molar-refractivity contribution is -0.140. The van der Waals surface area contributed by atoms with Gasteiger partial charge in [-0.05, 0) is 77.4 Å². The molecule has 0 aliphatic rings. The van der Waals surface area contributed by atoms with Crippen LogP contribution in [0.1, 0.15) is 38.7 Å². The van der Waals surface area contributed by atoms with Crippen LogP contribution in [0.4, 0.5) is 5.69 Å². The molecule has 0 aliphatic carbocycles. The first-order valence-corrected chi connectivity index (χ1v) is 15.2. The van der Waals surface area contributed by atoms with Crippen LogP contribution < -0.4 is 9.62 Å². The predicted molar refractivity (Wildman–Crippen MR) is 159 cm³/mol. The number of unbranched alkanes of at least 4 members (excludes halogenated alkanes) is 1. The minimum absolute atomic E-state index is 0.0882. The number of benzene rings is 3. The van der Waals surface area contributed by atoms with E-state index in [0.29, 0.717) is 18.7 Å². The summed E-state index contributed by atoms with van der Waals surface area (Å²) in [6.45, 7) is 4.17. The molecule has 0 saturated heterocycles. The Hall–Kier alpha value is -2.92. The molecule has 0 saturated carbocycles. The highest BCUT2D eigenvalue weighted by molar-refractivity contribution is 14.1. The summed E-state index contributed by atoms with van der Waals surface area (Å²) < 4.78 is 29.6. The number of nitrogens with zero attached hydrogens (tertiary/aromatic N) is 2. The first kappa shape index (κ1) is 29.6. The van der Waals surface area contributed by atoms with Crippen LogP contribution in [0.15, 0.2) is 89.8 Å². The molecule has 0 radical (unpaired) electrons. The largest absolute Gasteiger partial charge is 0.354 e. The van der Waals surface area contributed by atoms with Crippen LogP contribution in [0.25, 0.3) is 0 Å². The third-order valence-corrected chi connectivity index (χ3v) is 8.64. The SMILES string of the molecule is CCCCNC(=O)C(CC)N(Cc1ccccc1)C(=O)CN(c1ccc(I)cc1)S(=O)(=O)c1ccccc1. The van der Waals surface area contributed by atoms with Crippen LogP contribution in [0, 0.1) is 3.57 Å². The zero-order chi connectivity index (χ0) is 27.5. The Balaban J connectivity index is 2.00. The molecule has 1 N–H and O–H groups in total. The second kappa shape index (κ2) is 14.3. The molecule has 1 atom stereocenters. The summed E-state index contributed by atoms with van der Waals surface area (Å²) in [6, 6.07) is 23.7. The van der Waals surface area contributed by atoms with E-state index in [4.69, 9.17) is 0 Å². The number of hydrogen-bond acceptors (Lipinski definition) is 4. The number of hydrogen-bond donors (Lipinski definition) is 1. The molecule has 0 aromatic heterocycles. The van der Waals surface area contributed by atoms with Gasteiger partial charge in [-0.15, -0.1) is 0 Å². The Morgan fingerprint density at radius 1 is 0.895 bits per heavy atom. The van der Waals surface area contributed by atoms with Gasteiger partial charge in [0, 0.05) is 16.7 Å². The first-order valence-electron chi connectivity index (χ1n) is 12.7. The molecule has 0 fully saturated rings. The van der Waals surface area contributed by atoms with Crippen LogP contribution in [-0.2, 0) is 26.2 Å². The molecular weight excluding hydrogens is 613 g/mol. The maximum absolute atomic E-state index is 13.9. The smallest absolute Gasteiger partial charge is 0.264 e. The lowest BCUT2D eigenvalue weighted by Crippen LogP contribution is -2.52. The third-order valence-electron chi connectivity index (χ3n) is 6.14. The maximum Gasteiger partial charge on any atom is 0.264 e. The lowest BCUT2D eigenvalue weighted by atomic mass is 10.1. The summed E-state index contributed by atoms with van der Waals surface area (Å²) in [6.07, 6.45) is 2.17. The molecule has 38 heavy (non-hydrogen) atoms. The summed E-state index contributed by atoms with van der Waals surface area (Å²) in [5.41, 5.74) is 1.23. The Kier molecular flexibility index (Phi) is 11.1. The molecule has 3 rings (SSSR count). The fraction of sp³-hybridized carbons (Fsp3) is 0.310. The Morgan fingerprint density at radius 3 is 2.08 bits per heavy atom. The van der Waals surface area contributed by atoms with Gasteiger partial charge in [-0.1, -0.05) is 68.8 Å². The molecule has 1 unspecified atom stereocenters. The first-order chi connectivity index (χ1) is 18.3. The van der Waals surface area contributed by atoms with E-state index in [1.165, 1.54) is 17.0 Å². The van der Waals surface area contributed by atoms with Gasteiger partial charge < -0.3 is 10.2 Å². The molecule has 202 valence electrons. The number of amides is 2. The van der Waals surface area contributed by atoms with Crippen molar-refractivity contribution >= 4 is 50.1 Å². The van der Waals surface area contributed by atoms with E-state index in [2.05, 4.69) is 27.9 Å².